The van der Waals surface area contributed by atoms with Crippen molar-refractivity contribution in [1.29, 1.82) is 0 Å². The van der Waals surface area contributed by atoms with Crippen molar-refractivity contribution in [2.24, 2.45) is 0 Å². The van der Waals surface area contributed by atoms with Gasteiger partial charge in [0.25, 0.3) is 0 Å². The Bertz CT molecular complexity index is 556. The van der Waals surface area contributed by atoms with Gasteiger partial charge in [-0.05, 0) is 34.7 Å². The van der Waals surface area contributed by atoms with E-state index in [9.17, 15) is 0 Å². The predicted molar refractivity (Wildman–Crippen MR) is 83.3 cm³/mol. The van der Waals surface area contributed by atoms with Crippen molar-refractivity contribution in [3.05, 3.63) is 59.2 Å². The molecule has 2 aromatic rings. The molecule has 0 saturated carbocycles. The third kappa shape index (κ3) is 2.90. The van der Waals surface area contributed by atoms with Crippen LogP contribution < -0.4 is 11.5 Å². The number of anilines is 2. The molecule has 0 fully saturated rings. The number of nitrogens with two attached hydrogens (primary N) is 2. The van der Waals surface area contributed by atoms with E-state index in [1.165, 1.54) is 11.1 Å². The van der Waals surface area contributed by atoms with Gasteiger partial charge in [-0.3, -0.25) is 0 Å². The van der Waals surface area contributed by atoms with Crippen molar-refractivity contribution in [2.75, 3.05) is 11.5 Å². The van der Waals surface area contributed by atoms with Crippen LogP contribution in [0.1, 0.15) is 49.3 Å². The molecule has 0 radical (unpaired) electrons. The summed E-state index contributed by atoms with van der Waals surface area (Å²) in [4.78, 5) is 0. The van der Waals surface area contributed by atoms with E-state index < -0.39 is 0 Å². The van der Waals surface area contributed by atoms with Crippen LogP contribution in [-0.4, -0.2) is 0 Å². The first-order valence-corrected chi connectivity index (χ1v) is 6.73. The van der Waals surface area contributed by atoms with Crippen LogP contribution in [0.5, 0.6) is 0 Å². The lowest BCUT2D eigenvalue weighted by Crippen LogP contribution is -2.02. The fourth-order valence-electron chi connectivity index (χ4n) is 2.34. The van der Waals surface area contributed by atoms with Crippen molar-refractivity contribution in [2.45, 2.75) is 32.6 Å². The summed E-state index contributed by atoms with van der Waals surface area (Å²) in [6.45, 7) is 6.58. The fourth-order valence-corrected chi connectivity index (χ4v) is 2.34. The van der Waals surface area contributed by atoms with Crippen molar-refractivity contribution in [3.8, 4) is 0 Å². The smallest absolute Gasteiger partial charge is 0.0373 e. The Labute approximate surface area is 115 Å². The summed E-state index contributed by atoms with van der Waals surface area (Å²) in [7, 11) is 0. The lowest BCUT2D eigenvalue weighted by atomic mass is 9.90. The van der Waals surface area contributed by atoms with Crippen LogP contribution in [0.15, 0.2) is 42.5 Å². The van der Waals surface area contributed by atoms with E-state index in [0.29, 0.717) is 11.6 Å². The first-order valence-electron chi connectivity index (χ1n) is 6.73. The third-order valence-electron chi connectivity index (χ3n) is 3.68. The first kappa shape index (κ1) is 13.5. The summed E-state index contributed by atoms with van der Waals surface area (Å²) >= 11 is 0. The second kappa shape index (κ2) is 5.35. The van der Waals surface area contributed by atoms with Gasteiger partial charge < -0.3 is 11.5 Å². The van der Waals surface area contributed by atoms with E-state index in [0.717, 1.165) is 11.3 Å². The fraction of sp³-hybridized carbons (Fsp3) is 0.294. The highest BCUT2D eigenvalue weighted by Gasteiger charge is 2.12. The first-order chi connectivity index (χ1) is 8.99. The van der Waals surface area contributed by atoms with Crippen LogP contribution in [-0.2, 0) is 0 Å². The zero-order valence-corrected chi connectivity index (χ0v) is 11.9. The number of hydrogen-bond donors (Lipinski definition) is 2. The van der Waals surface area contributed by atoms with E-state index in [1.807, 2.05) is 18.2 Å². The number of nitrogen functional groups attached to an aromatic ring is 2. The third-order valence-corrected chi connectivity index (χ3v) is 3.68. The molecule has 0 aliphatic carbocycles. The molecule has 100 valence electrons. The summed E-state index contributed by atoms with van der Waals surface area (Å²) in [5.41, 5.74) is 17.0. The Morgan fingerprint density at radius 1 is 0.789 bits per heavy atom. The SMILES string of the molecule is CC(C)c1ccc(C(C)c2ccc(N)cc2N)cc1. The van der Waals surface area contributed by atoms with Crippen LogP contribution >= 0.6 is 0 Å². The summed E-state index contributed by atoms with van der Waals surface area (Å²) in [6, 6.07) is 14.5. The topological polar surface area (TPSA) is 52.0 Å². The molecule has 0 spiro atoms. The molecule has 1 atom stereocenters. The van der Waals surface area contributed by atoms with Gasteiger partial charge in [0.1, 0.15) is 0 Å². The molecular formula is C17H22N2. The molecule has 0 bridgehead atoms. The molecule has 2 aromatic carbocycles. The standard InChI is InChI=1S/C17H22N2/c1-11(2)13-4-6-14(7-5-13)12(3)16-9-8-15(18)10-17(16)19/h4-12H,18-19H2,1-3H3. The maximum atomic E-state index is 6.06. The highest BCUT2D eigenvalue weighted by atomic mass is 14.6. The van der Waals surface area contributed by atoms with Crippen molar-refractivity contribution in [1.82, 2.24) is 0 Å². The Balaban J connectivity index is 2.30. The zero-order chi connectivity index (χ0) is 14.0. The maximum Gasteiger partial charge on any atom is 0.0373 e. The lowest BCUT2D eigenvalue weighted by molar-refractivity contribution is 0.859. The molecule has 2 heteroatoms. The van der Waals surface area contributed by atoms with Crippen LogP contribution in [0.4, 0.5) is 11.4 Å². The molecule has 0 saturated heterocycles. The molecule has 19 heavy (non-hydrogen) atoms. The highest BCUT2D eigenvalue weighted by molar-refractivity contribution is 5.59. The summed E-state index contributed by atoms with van der Waals surface area (Å²) < 4.78 is 0. The van der Waals surface area contributed by atoms with Crippen LogP contribution in [0, 0.1) is 0 Å². The van der Waals surface area contributed by atoms with Crippen LogP contribution in [0.2, 0.25) is 0 Å². The van der Waals surface area contributed by atoms with E-state index in [2.05, 4.69) is 45.0 Å². The monoisotopic (exact) mass is 254 g/mol. The van der Waals surface area contributed by atoms with E-state index in [4.69, 9.17) is 11.5 Å². The normalized spacial score (nSPS) is 12.6. The molecule has 0 heterocycles. The van der Waals surface area contributed by atoms with Gasteiger partial charge in [-0.15, -0.1) is 0 Å². The minimum absolute atomic E-state index is 0.279. The van der Waals surface area contributed by atoms with Gasteiger partial charge in [0.15, 0.2) is 0 Å². The number of hydrogen-bond acceptors (Lipinski definition) is 2. The van der Waals surface area contributed by atoms with Gasteiger partial charge in [0.05, 0.1) is 0 Å². The minimum atomic E-state index is 0.279. The molecule has 0 aliphatic rings. The van der Waals surface area contributed by atoms with Crippen LogP contribution in [0.25, 0.3) is 0 Å². The largest absolute Gasteiger partial charge is 0.399 e. The minimum Gasteiger partial charge on any atom is -0.399 e. The molecule has 1 unspecified atom stereocenters. The maximum absolute atomic E-state index is 6.06. The quantitative estimate of drug-likeness (QED) is 0.809. The highest BCUT2D eigenvalue weighted by Crippen LogP contribution is 2.30. The van der Waals surface area contributed by atoms with Crippen LogP contribution in [0.3, 0.4) is 0 Å². The van der Waals surface area contributed by atoms with Gasteiger partial charge in [-0.2, -0.15) is 0 Å². The summed E-state index contributed by atoms with van der Waals surface area (Å²) in [5.74, 6) is 0.841. The lowest BCUT2D eigenvalue weighted by Gasteiger charge is -2.16. The van der Waals surface area contributed by atoms with Gasteiger partial charge >= 0.3 is 0 Å². The van der Waals surface area contributed by atoms with Gasteiger partial charge in [0, 0.05) is 17.3 Å². The molecule has 4 N–H and O–H groups in total. The Hall–Kier alpha value is -1.96. The second-order valence-corrected chi connectivity index (χ2v) is 5.43. The van der Waals surface area contributed by atoms with E-state index in [-0.39, 0.29) is 5.92 Å². The van der Waals surface area contributed by atoms with Gasteiger partial charge in [-0.1, -0.05) is 51.1 Å². The van der Waals surface area contributed by atoms with Gasteiger partial charge in [-0.25, -0.2) is 0 Å². The molecule has 0 amide bonds. The number of rotatable bonds is 3. The van der Waals surface area contributed by atoms with Crippen molar-refractivity contribution >= 4 is 11.4 Å². The van der Waals surface area contributed by atoms with Gasteiger partial charge in [0.2, 0.25) is 0 Å². The average Bonchev–Trinajstić information content (AvgIpc) is 2.38. The Morgan fingerprint density at radius 2 is 1.37 bits per heavy atom. The number of benzene rings is 2. The molecule has 0 aliphatic heterocycles. The average molecular weight is 254 g/mol. The van der Waals surface area contributed by atoms with E-state index in [1.54, 1.807) is 0 Å². The molecular weight excluding hydrogens is 232 g/mol. The molecule has 2 rings (SSSR count). The summed E-state index contributed by atoms with van der Waals surface area (Å²) in [5, 5.41) is 0. The van der Waals surface area contributed by atoms with E-state index >= 15 is 0 Å². The predicted octanol–water partition coefficient (Wildman–Crippen LogP) is 4.13. The molecule has 2 nitrogen and oxygen atoms in total. The van der Waals surface area contributed by atoms with Crippen molar-refractivity contribution in [3.63, 3.8) is 0 Å². The second-order valence-electron chi connectivity index (χ2n) is 5.43. The van der Waals surface area contributed by atoms with Crippen molar-refractivity contribution < 1.29 is 0 Å². The Morgan fingerprint density at radius 3 is 1.89 bits per heavy atom. The molecule has 0 aromatic heterocycles. The summed E-state index contributed by atoms with van der Waals surface area (Å²) in [6.07, 6.45) is 0. The Kier molecular flexibility index (Phi) is 3.79. The zero-order valence-electron chi connectivity index (χ0n) is 11.9.